The average molecular weight is 268 g/mol. The molecule has 5 heteroatoms. The number of amides is 2. The first-order valence-corrected chi connectivity index (χ1v) is 7.28. The van der Waals surface area contributed by atoms with Crippen molar-refractivity contribution in [3.63, 3.8) is 0 Å². The molecule has 0 bridgehead atoms. The first kappa shape index (κ1) is 14.3. The topological polar surface area (TPSA) is 58.6 Å². The van der Waals surface area contributed by atoms with E-state index in [1.54, 1.807) is 0 Å². The van der Waals surface area contributed by atoms with Crippen LogP contribution in [0.2, 0.25) is 0 Å². The minimum atomic E-state index is -0.254. The first-order valence-electron chi connectivity index (χ1n) is 7.28. The molecule has 0 saturated carbocycles. The van der Waals surface area contributed by atoms with E-state index in [1.165, 1.54) is 0 Å². The molecule has 1 unspecified atom stereocenters. The lowest BCUT2D eigenvalue weighted by molar-refractivity contribution is -0.136. The average Bonchev–Trinajstić information content (AvgIpc) is 2.92. The highest BCUT2D eigenvalue weighted by Gasteiger charge is 2.28. The van der Waals surface area contributed by atoms with Gasteiger partial charge in [0, 0.05) is 31.7 Å². The second-order valence-electron chi connectivity index (χ2n) is 5.76. The fourth-order valence-electron chi connectivity index (χ4n) is 2.69. The summed E-state index contributed by atoms with van der Waals surface area (Å²) in [5.41, 5.74) is 0. The van der Waals surface area contributed by atoms with Gasteiger partial charge >= 0.3 is 0 Å². The van der Waals surface area contributed by atoms with E-state index < -0.39 is 0 Å². The Morgan fingerprint density at radius 1 is 1.21 bits per heavy atom. The SMILES string of the molecule is CC(C)C(=O)N1CCC(NC(=O)C2CCCO2)CC1. The summed E-state index contributed by atoms with van der Waals surface area (Å²) in [5, 5.41) is 3.05. The summed E-state index contributed by atoms with van der Waals surface area (Å²) in [7, 11) is 0. The lowest BCUT2D eigenvalue weighted by Gasteiger charge is -2.33. The lowest BCUT2D eigenvalue weighted by atomic mass is 10.0. The molecule has 2 rings (SSSR count). The van der Waals surface area contributed by atoms with Crippen LogP contribution in [-0.2, 0) is 14.3 Å². The van der Waals surface area contributed by atoms with Crippen LogP contribution in [0.5, 0.6) is 0 Å². The molecule has 2 fully saturated rings. The predicted octanol–water partition coefficient (Wildman–Crippen LogP) is 0.929. The Morgan fingerprint density at radius 2 is 1.89 bits per heavy atom. The minimum absolute atomic E-state index is 0.0196. The van der Waals surface area contributed by atoms with Crippen molar-refractivity contribution in [3.8, 4) is 0 Å². The molecule has 2 heterocycles. The van der Waals surface area contributed by atoms with Crippen LogP contribution in [0.4, 0.5) is 0 Å². The van der Waals surface area contributed by atoms with Crippen LogP contribution in [0.1, 0.15) is 39.5 Å². The van der Waals surface area contributed by atoms with Gasteiger partial charge in [-0.1, -0.05) is 13.8 Å². The van der Waals surface area contributed by atoms with Gasteiger partial charge < -0.3 is 15.0 Å². The number of hydrogen-bond acceptors (Lipinski definition) is 3. The van der Waals surface area contributed by atoms with Crippen LogP contribution in [0.3, 0.4) is 0 Å². The van der Waals surface area contributed by atoms with Crippen molar-refractivity contribution in [1.82, 2.24) is 10.2 Å². The zero-order chi connectivity index (χ0) is 13.8. The Labute approximate surface area is 114 Å². The number of carbonyl (C=O) groups excluding carboxylic acids is 2. The number of likely N-dealkylation sites (tertiary alicyclic amines) is 1. The van der Waals surface area contributed by atoms with E-state index in [9.17, 15) is 9.59 Å². The van der Waals surface area contributed by atoms with Crippen molar-refractivity contribution >= 4 is 11.8 Å². The monoisotopic (exact) mass is 268 g/mol. The molecular weight excluding hydrogens is 244 g/mol. The number of carbonyl (C=O) groups is 2. The van der Waals surface area contributed by atoms with Crippen LogP contribution >= 0.6 is 0 Å². The highest BCUT2D eigenvalue weighted by atomic mass is 16.5. The van der Waals surface area contributed by atoms with Crippen molar-refractivity contribution in [1.29, 1.82) is 0 Å². The Balaban J connectivity index is 1.74. The Kier molecular flexibility index (Phi) is 4.80. The van der Waals surface area contributed by atoms with Gasteiger partial charge in [0.25, 0.3) is 0 Å². The van der Waals surface area contributed by atoms with E-state index in [4.69, 9.17) is 4.74 Å². The number of hydrogen-bond donors (Lipinski definition) is 1. The first-order chi connectivity index (χ1) is 9.08. The summed E-state index contributed by atoms with van der Waals surface area (Å²) in [5.74, 6) is 0.285. The molecule has 0 aromatic heterocycles. The smallest absolute Gasteiger partial charge is 0.249 e. The van der Waals surface area contributed by atoms with E-state index >= 15 is 0 Å². The molecule has 0 aromatic rings. The van der Waals surface area contributed by atoms with Gasteiger partial charge in [0.05, 0.1) is 0 Å². The zero-order valence-corrected chi connectivity index (χ0v) is 11.9. The fourth-order valence-corrected chi connectivity index (χ4v) is 2.69. The van der Waals surface area contributed by atoms with Crippen LogP contribution < -0.4 is 5.32 Å². The summed E-state index contributed by atoms with van der Waals surface area (Å²) in [6, 6.07) is 0.188. The number of rotatable bonds is 3. The molecule has 2 aliphatic rings. The van der Waals surface area contributed by atoms with E-state index in [2.05, 4.69) is 5.32 Å². The van der Waals surface area contributed by atoms with E-state index in [0.29, 0.717) is 6.61 Å². The van der Waals surface area contributed by atoms with Gasteiger partial charge in [-0.25, -0.2) is 0 Å². The molecule has 0 aromatic carbocycles. The molecule has 108 valence electrons. The number of nitrogens with zero attached hydrogens (tertiary/aromatic N) is 1. The molecule has 19 heavy (non-hydrogen) atoms. The molecular formula is C14H24N2O3. The largest absolute Gasteiger partial charge is 0.368 e. The standard InChI is InChI=1S/C14H24N2O3/c1-10(2)14(18)16-7-5-11(6-8-16)15-13(17)12-4-3-9-19-12/h10-12H,3-9H2,1-2H3,(H,15,17). The Morgan fingerprint density at radius 3 is 2.42 bits per heavy atom. The van der Waals surface area contributed by atoms with E-state index in [1.807, 2.05) is 18.7 Å². The summed E-state index contributed by atoms with van der Waals surface area (Å²) in [4.78, 5) is 25.7. The van der Waals surface area contributed by atoms with Crippen LogP contribution in [-0.4, -0.2) is 48.6 Å². The molecule has 2 saturated heterocycles. The van der Waals surface area contributed by atoms with E-state index in [-0.39, 0.29) is 29.9 Å². The summed E-state index contributed by atoms with van der Waals surface area (Å²) >= 11 is 0. The Hall–Kier alpha value is -1.10. The van der Waals surface area contributed by atoms with Gasteiger partial charge in [-0.15, -0.1) is 0 Å². The number of piperidine rings is 1. The van der Waals surface area contributed by atoms with Gasteiger partial charge in [0.15, 0.2) is 0 Å². The van der Waals surface area contributed by atoms with Crippen molar-refractivity contribution in [2.24, 2.45) is 5.92 Å². The molecule has 1 N–H and O–H groups in total. The van der Waals surface area contributed by atoms with Crippen molar-refractivity contribution in [2.45, 2.75) is 51.7 Å². The maximum absolute atomic E-state index is 11.9. The fraction of sp³-hybridized carbons (Fsp3) is 0.857. The van der Waals surface area contributed by atoms with Gasteiger partial charge in [-0.05, 0) is 25.7 Å². The molecule has 0 aliphatic carbocycles. The normalized spacial score (nSPS) is 24.8. The minimum Gasteiger partial charge on any atom is -0.368 e. The third-order valence-corrected chi connectivity index (χ3v) is 3.87. The molecule has 5 nitrogen and oxygen atoms in total. The predicted molar refractivity (Wildman–Crippen MR) is 71.6 cm³/mol. The zero-order valence-electron chi connectivity index (χ0n) is 11.9. The third kappa shape index (κ3) is 3.69. The summed E-state index contributed by atoms with van der Waals surface area (Å²) in [6.45, 7) is 6.03. The second kappa shape index (κ2) is 6.37. The lowest BCUT2D eigenvalue weighted by Crippen LogP contribution is -2.49. The van der Waals surface area contributed by atoms with Crippen molar-refractivity contribution < 1.29 is 14.3 Å². The van der Waals surface area contributed by atoms with Gasteiger partial charge in [-0.2, -0.15) is 0 Å². The molecule has 0 spiro atoms. The third-order valence-electron chi connectivity index (χ3n) is 3.87. The van der Waals surface area contributed by atoms with Crippen molar-refractivity contribution in [3.05, 3.63) is 0 Å². The maximum Gasteiger partial charge on any atom is 0.249 e. The highest BCUT2D eigenvalue weighted by Crippen LogP contribution is 2.16. The van der Waals surface area contributed by atoms with Crippen molar-refractivity contribution in [2.75, 3.05) is 19.7 Å². The van der Waals surface area contributed by atoms with Gasteiger partial charge in [-0.3, -0.25) is 9.59 Å². The van der Waals surface area contributed by atoms with Gasteiger partial charge in [0.2, 0.25) is 11.8 Å². The van der Waals surface area contributed by atoms with Gasteiger partial charge in [0.1, 0.15) is 6.10 Å². The number of nitrogens with one attached hydrogen (secondary N) is 1. The molecule has 2 aliphatic heterocycles. The summed E-state index contributed by atoms with van der Waals surface area (Å²) in [6.07, 6.45) is 3.24. The highest BCUT2D eigenvalue weighted by molar-refractivity contribution is 5.81. The molecule has 2 amide bonds. The summed E-state index contributed by atoms with van der Waals surface area (Å²) < 4.78 is 5.37. The number of ether oxygens (including phenoxy) is 1. The quantitative estimate of drug-likeness (QED) is 0.828. The second-order valence-corrected chi connectivity index (χ2v) is 5.76. The van der Waals surface area contributed by atoms with Crippen LogP contribution in [0.25, 0.3) is 0 Å². The maximum atomic E-state index is 11.9. The van der Waals surface area contributed by atoms with E-state index in [0.717, 1.165) is 38.8 Å². The van der Waals surface area contributed by atoms with Crippen LogP contribution in [0.15, 0.2) is 0 Å². The molecule has 0 radical (unpaired) electrons. The van der Waals surface area contributed by atoms with Crippen LogP contribution in [0, 0.1) is 5.92 Å². The molecule has 1 atom stereocenters. The Bertz CT molecular complexity index is 330.